The van der Waals surface area contributed by atoms with E-state index in [1.807, 2.05) is 12.4 Å². The molecule has 2 aromatic heterocycles. The van der Waals surface area contributed by atoms with E-state index in [1.165, 1.54) is 22.3 Å². The van der Waals surface area contributed by atoms with Crippen LogP contribution in [0.2, 0.25) is 0 Å². The predicted molar refractivity (Wildman–Crippen MR) is 250 cm³/mol. The molecule has 0 amide bonds. The number of hydrogen-bond donors (Lipinski definition) is 0. The second kappa shape index (κ2) is 16.7. The number of benzene rings is 8. The molecule has 0 unspecified atom stereocenters. The molecule has 0 atom stereocenters. The SMILES string of the molecule is [Pt+2].[c-]1c(-c2cc(-c3ccccc3)ccn2)cc(-c2ccccc2)cc1C1(c2[c-]c(-c3cc(-c4ccccc4)ccn3)cc(-c3ccccc3)c2)c2ccccc2-c2ccccc21. The van der Waals surface area contributed by atoms with Crippen LogP contribution >= 0.6 is 0 Å². The maximum Gasteiger partial charge on any atom is 2.00 e. The number of pyridine rings is 2. The molecule has 0 fully saturated rings. The number of hydrogen-bond acceptors (Lipinski definition) is 2. The van der Waals surface area contributed by atoms with Gasteiger partial charge in [-0.05, 0) is 79.2 Å². The second-order valence-electron chi connectivity index (χ2n) is 15.6. The smallest absolute Gasteiger partial charge is 0.305 e. The van der Waals surface area contributed by atoms with E-state index in [1.54, 1.807) is 0 Å². The third kappa shape index (κ3) is 6.93. The molecule has 10 aromatic rings. The summed E-state index contributed by atoms with van der Waals surface area (Å²) in [6.45, 7) is 0. The quantitative estimate of drug-likeness (QED) is 0.142. The van der Waals surface area contributed by atoms with Crippen LogP contribution in [0.3, 0.4) is 0 Å². The first-order valence-electron chi connectivity index (χ1n) is 20.7. The maximum absolute atomic E-state index is 5.02. The zero-order valence-corrected chi connectivity index (χ0v) is 35.9. The van der Waals surface area contributed by atoms with Gasteiger partial charge < -0.3 is 9.97 Å². The van der Waals surface area contributed by atoms with Crippen molar-refractivity contribution in [2.45, 2.75) is 5.41 Å². The average Bonchev–Trinajstić information content (AvgIpc) is 3.66. The molecule has 1 aliphatic rings. The third-order valence-corrected chi connectivity index (χ3v) is 12.0. The van der Waals surface area contributed by atoms with Crippen molar-refractivity contribution in [3.63, 3.8) is 0 Å². The van der Waals surface area contributed by atoms with Gasteiger partial charge in [-0.1, -0.05) is 182 Å². The second-order valence-corrected chi connectivity index (χ2v) is 15.6. The van der Waals surface area contributed by atoms with Gasteiger partial charge in [-0.15, -0.1) is 69.8 Å². The Kier molecular flexibility index (Phi) is 10.5. The van der Waals surface area contributed by atoms with Crippen LogP contribution in [0.5, 0.6) is 0 Å². The molecule has 62 heavy (non-hydrogen) atoms. The van der Waals surface area contributed by atoms with Crippen LogP contribution in [0.1, 0.15) is 22.3 Å². The Labute approximate surface area is 377 Å². The van der Waals surface area contributed by atoms with E-state index in [4.69, 9.17) is 9.97 Å². The minimum absolute atomic E-state index is 0. The number of nitrogens with zero attached hydrogens (tertiary/aromatic N) is 2. The molecule has 0 N–H and O–H groups in total. The van der Waals surface area contributed by atoms with Crippen LogP contribution in [-0.4, -0.2) is 9.97 Å². The molecule has 0 bridgehead atoms. The molecular weight excluding hydrogens is 932 g/mol. The number of fused-ring (bicyclic) bond motifs is 3. The van der Waals surface area contributed by atoms with Crippen LogP contribution < -0.4 is 0 Å². The van der Waals surface area contributed by atoms with Crippen molar-refractivity contribution < 1.29 is 21.1 Å². The first-order chi connectivity index (χ1) is 30.2. The van der Waals surface area contributed by atoms with E-state index in [9.17, 15) is 0 Å². The van der Waals surface area contributed by atoms with E-state index in [0.717, 1.165) is 78.1 Å². The maximum atomic E-state index is 5.02. The average molecular weight is 970 g/mol. The van der Waals surface area contributed by atoms with E-state index >= 15 is 0 Å². The van der Waals surface area contributed by atoms with Gasteiger partial charge in [-0.2, -0.15) is 0 Å². The van der Waals surface area contributed by atoms with Gasteiger partial charge in [-0.25, -0.2) is 0 Å². The molecule has 2 heterocycles. The van der Waals surface area contributed by atoms with Crippen molar-refractivity contribution in [3.05, 3.63) is 265 Å². The zero-order valence-electron chi connectivity index (χ0n) is 33.6. The minimum Gasteiger partial charge on any atom is -0.305 e. The summed E-state index contributed by atoms with van der Waals surface area (Å²) in [5.41, 5.74) is 18.5. The van der Waals surface area contributed by atoms with Gasteiger partial charge in [0.05, 0.1) is 0 Å². The Morgan fingerprint density at radius 2 is 0.645 bits per heavy atom. The molecule has 1 aliphatic carbocycles. The fraction of sp³-hybridized carbons (Fsp3) is 0.0169. The summed E-state index contributed by atoms with van der Waals surface area (Å²) in [6.07, 6.45) is 3.83. The van der Waals surface area contributed by atoms with Gasteiger partial charge in [0.15, 0.2) is 0 Å². The van der Waals surface area contributed by atoms with Crippen molar-refractivity contribution in [1.82, 2.24) is 9.97 Å². The Balaban J connectivity index is 0.00000458. The first kappa shape index (κ1) is 38.9. The van der Waals surface area contributed by atoms with Crippen molar-refractivity contribution in [1.29, 1.82) is 0 Å². The largest absolute Gasteiger partial charge is 2.00 e. The zero-order chi connectivity index (χ0) is 40.6. The number of rotatable bonds is 8. The van der Waals surface area contributed by atoms with Crippen LogP contribution in [0.15, 0.2) is 231 Å². The van der Waals surface area contributed by atoms with Gasteiger partial charge in [-0.3, -0.25) is 0 Å². The fourth-order valence-electron chi connectivity index (χ4n) is 9.15. The Morgan fingerprint density at radius 1 is 0.306 bits per heavy atom. The van der Waals surface area contributed by atoms with Gasteiger partial charge in [0.25, 0.3) is 0 Å². The van der Waals surface area contributed by atoms with Crippen LogP contribution in [0, 0.1) is 12.1 Å². The van der Waals surface area contributed by atoms with Gasteiger partial charge in [0, 0.05) is 17.8 Å². The molecule has 294 valence electrons. The van der Waals surface area contributed by atoms with E-state index < -0.39 is 5.41 Å². The van der Waals surface area contributed by atoms with Crippen molar-refractivity contribution in [3.8, 4) is 78.1 Å². The molecule has 2 nitrogen and oxygen atoms in total. The van der Waals surface area contributed by atoms with E-state index in [2.05, 4.69) is 231 Å². The monoisotopic (exact) mass is 969 g/mol. The van der Waals surface area contributed by atoms with Crippen molar-refractivity contribution >= 4 is 0 Å². The van der Waals surface area contributed by atoms with E-state index in [0.29, 0.717) is 0 Å². The van der Waals surface area contributed by atoms with E-state index in [-0.39, 0.29) is 21.1 Å². The Morgan fingerprint density at radius 3 is 1.03 bits per heavy atom. The molecule has 0 saturated heterocycles. The molecule has 0 radical (unpaired) electrons. The molecular formula is C59H38N2Pt. The standard InChI is InChI=1S/C59H38N2.Pt/c1-5-17-41(18-6-1)45-29-31-60-57(39-45)49-33-47(43-21-9-3-10-22-43)35-51(37-49)59(55-27-15-13-25-53(55)54-26-14-16-28-56(54)59)52-36-48(44-23-11-4-12-24-44)34-50(38-52)58-40-46(30-32-61-58)42-19-7-2-8-20-42;/h1-36,39-40H;/q-2;+2. The molecule has 3 heteroatoms. The van der Waals surface area contributed by atoms with Gasteiger partial charge >= 0.3 is 21.1 Å². The van der Waals surface area contributed by atoms with Crippen LogP contribution in [0.25, 0.3) is 78.1 Å². The summed E-state index contributed by atoms with van der Waals surface area (Å²) >= 11 is 0. The molecule has 0 spiro atoms. The van der Waals surface area contributed by atoms with Crippen molar-refractivity contribution in [2.24, 2.45) is 0 Å². The first-order valence-corrected chi connectivity index (χ1v) is 20.7. The summed E-state index contributed by atoms with van der Waals surface area (Å²) in [6, 6.07) is 85.9. The molecule has 0 saturated carbocycles. The summed E-state index contributed by atoms with van der Waals surface area (Å²) in [7, 11) is 0. The predicted octanol–water partition coefficient (Wildman–Crippen LogP) is 14.4. The topological polar surface area (TPSA) is 25.8 Å². The summed E-state index contributed by atoms with van der Waals surface area (Å²) in [5, 5.41) is 0. The van der Waals surface area contributed by atoms with Crippen LogP contribution in [-0.2, 0) is 26.5 Å². The molecule has 8 aromatic carbocycles. The fourth-order valence-corrected chi connectivity index (χ4v) is 9.15. The third-order valence-electron chi connectivity index (χ3n) is 12.0. The summed E-state index contributed by atoms with van der Waals surface area (Å²) in [4.78, 5) is 10.0. The number of aromatic nitrogens is 2. The normalized spacial score (nSPS) is 12.2. The molecule has 0 aliphatic heterocycles. The molecule has 11 rings (SSSR count). The minimum atomic E-state index is -0.819. The van der Waals surface area contributed by atoms with Gasteiger partial charge in [0.2, 0.25) is 0 Å². The Bertz CT molecular complexity index is 2960. The van der Waals surface area contributed by atoms with Gasteiger partial charge in [0.1, 0.15) is 0 Å². The van der Waals surface area contributed by atoms with Crippen molar-refractivity contribution in [2.75, 3.05) is 0 Å². The van der Waals surface area contributed by atoms with Crippen LogP contribution in [0.4, 0.5) is 0 Å². The summed E-state index contributed by atoms with van der Waals surface area (Å²) in [5.74, 6) is 0. The summed E-state index contributed by atoms with van der Waals surface area (Å²) < 4.78 is 0. The Hall–Kier alpha value is -7.25.